The number of rotatable bonds is 4. The summed E-state index contributed by atoms with van der Waals surface area (Å²) in [6.45, 7) is 5.17. The molecular formula is C25H29NO5. The summed E-state index contributed by atoms with van der Waals surface area (Å²) >= 11 is 0. The minimum atomic E-state index is -0.333. The molecular weight excluding hydrogens is 394 g/mol. The molecule has 0 aromatic heterocycles. The van der Waals surface area contributed by atoms with Crippen LogP contribution < -0.4 is 4.74 Å². The van der Waals surface area contributed by atoms with E-state index in [0.29, 0.717) is 24.6 Å². The average Bonchev–Trinajstić information content (AvgIpc) is 3.21. The van der Waals surface area contributed by atoms with Crippen LogP contribution in [0.1, 0.15) is 42.6 Å². The maximum absolute atomic E-state index is 12.1. The van der Waals surface area contributed by atoms with E-state index in [4.69, 9.17) is 14.2 Å². The van der Waals surface area contributed by atoms with E-state index in [0.717, 1.165) is 36.1 Å². The molecule has 0 saturated carbocycles. The molecule has 0 spiro atoms. The van der Waals surface area contributed by atoms with Crippen molar-refractivity contribution in [3.8, 4) is 16.9 Å². The van der Waals surface area contributed by atoms with Gasteiger partial charge in [-0.3, -0.25) is 0 Å². The number of likely N-dealkylation sites (tertiary alicyclic amines) is 1. The third-order valence-corrected chi connectivity index (χ3v) is 6.06. The molecule has 2 aromatic carbocycles. The van der Waals surface area contributed by atoms with Gasteiger partial charge in [0, 0.05) is 19.5 Å². The first-order chi connectivity index (χ1) is 14.9. The molecule has 31 heavy (non-hydrogen) atoms. The van der Waals surface area contributed by atoms with Crippen LogP contribution in [0.4, 0.5) is 4.79 Å². The first-order valence-electron chi connectivity index (χ1n) is 10.9. The molecule has 1 saturated heterocycles. The smallest absolute Gasteiger partial charge is 0.410 e. The van der Waals surface area contributed by atoms with E-state index in [-0.39, 0.29) is 24.3 Å². The fraction of sp³-hybridized carbons (Fsp3) is 0.440. The van der Waals surface area contributed by atoms with E-state index >= 15 is 0 Å². The number of esters is 1. The SMILES string of the molecule is COC(=O)c1ccc(-c2ccc3c(c2)CC(C2CCN(C(=O)OC(C)C)CC2)O3)cc1. The summed E-state index contributed by atoms with van der Waals surface area (Å²) in [6, 6.07) is 13.7. The van der Waals surface area contributed by atoms with Gasteiger partial charge in [-0.1, -0.05) is 18.2 Å². The van der Waals surface area contributed by atoms with Gasteiger partial charge < -0.3 is 19.1 Å². The van der Waals surface area contributed by atoms with Gasteiger partial charge in [0.15, 0.2) is 0 Å². The molecule has 0 N–H and O–H groups in total. The Balaban J connectivity index is 1.38. The first kappa shape index (κ1) is 21.2. The molecule has 1 atom stereocenters. The second-order valence-electron chi connectivity index (χ2n) is 8.51. The molecule has 0 radical (unpaired) electrons. The third-order valence-electron chi connectivity index (χ3n) is 6.06. The largest absolute Gasteiger partial charge is 0.490 e. The van der Waals surface area contributed by atoms with Crippen molar-refractivity contribution in [2.45, 2.75) is 45.3 Å². The highest BCUT2D eigenvalue weighted by atomic mass is 16.6. The van der Waals surface area contributed by atoms with Crippen LogP contribution in [-0.2, 0) is 15.9 Å². The Bertz CT molecular complexity index is 945. The highest BCUT2D eigenvalue weighted by Crippen LogP contribution is 2.37. The van der Waals surface area contributed by atoms with Crippen molar-refractivity contribution in [1.82, 2.24) is 4.90 Å². The Morgan fingerprint density at radius 3 is 2.35 bits per heavy atom. The molecule has 1 amide bonds. The maximum Gasteiger partial charge on any atom is 0.410 e. The van der Waals surface area contributed by atoms with Crippen molar-refractivity contribution < 1.29 is 23.8 Å². The van der Waals surface area contributed by atoms with Crippen LogP contribution in [0.5, 0.6) is 5.75 Å². The topological polar surface area (TPSA) is 65.1 Å². The highest BCUT2D eigenvalue weighted by molar-refractivity contribution is 5.90. The lowest BCUT2D eigenvalue weighted by Gasteiger charge is -2.34. The van der Waals surface area contributed by atoms with Crippen LogP contribution in [-0.4, -0.2) is 49.4 Å². The van der Waals surface area contributed by atoms with Crippen molar-refractivity contribution in [2.75, 3.05) is 20.2 Å². The molecule has 2 aromatic rings. The summed E-state index contributed by atoms with van der Waals surface area (Å²) in [5.74, 6) is 1.04. The number of methoxy groups -OCH3 is 1. The van der Waals surface area contributed by atoms with Gasteiger partial charge in [-0.2, -0.15) is 0 Å². The molecule has 0 bridgehead atoms. The summed E-state index contributed by atoms with van der Waals surface area (Å²) in [4.78, 5) is 25.5. The average molecular weight is 424 g/mol. The Morgan fingerprint density at radius 1 is 1.03 bits per heavy atom. The van der Waals surface area contributed by atoms with Gasteiger partial charge in [-0.05, 0) is 73.6 Å². The summed E-state index contributed by atoms with van der Waals surface area (Å²) < 4.78 is 16.3. The number of hydrogen-bond acceptors (Lipinski definition) is 5. The molecule has 2 aliphatic rings. The van der Waals surface area contributed by atoms with Crippen LogP contribution in [0, 0.1) is 5.92 Å². The van der Waals surface area contributed by atoms with E-state index in [1.807, 2.05) is 32.0 Å². The third kappa shape index (κ3) is 4.68. The zero-order valence-electron chi connectivity index (χ0n) is 18.3. The van der Waals surface area contributed by atoms with Crippen molar-refractivity contribution in [1.29, 1.82) is 0 Å². The number of fused-ring (bicyclic) bond motifs is 1. The molecule has 0 aliphatic carbocycles. The van der Waals surface area contributed by atoms with Crippen molar-refractivity contribution in [3.05, 3.63) is 53.6 Å². The fourth-order valence-corrected chi connectivity index (χ4v) is 4.36. The van der Waals surface area contributed by atoms with Gasteiger partial charge in [0.2, 0.25) is 0 Å². The zero-order valence-corrected chi connectivity index (χ0v) is 18.3. The Labute approximate surface area is 183 Å². The van der Waals surface area contributed by atoms with Crippen LogP contribution in [0.3, 0.4) is 0 Å². The molecule has 1 fully saturated rings. The molecule has 6 heteroatoms. The van der Waals surface area contributed by atoms with Gasteiger partial charge in [0.1, 0.15) is 11.9 Å². The number of carbonyl (C=O) groups is 2. The van der Waals surface area contributed by atoms with Gasteiger partial charge in [-0.15, -0.1) is 0 Å². The normalized spacial score (nSPS) is 18.5. The number of hydrogen-bond donors (Lipinski definition) is 0. The van der Waals surface area contributed by atoms with E-state index in [9.17, 15) is 9.59 Å². The van der Waals surface area contributed by atoms with Crippen LogP contribution in [0.25, 0.3) is 11.1 Å². The number of carbonyl (C=O) groups excluding carboxylic acids is 2. The Morgan fingerprint density at radius 2 is 1.71 bits per heavy atom. The predicted octanol–water partition coefficient (Wildman–Crippen LogP) is 4.70. The van der Waals surface area contributed by atoms with Crippen LogP contribution in [0.15, 0.2) is 42.5 Å². The molecule has 2 aliphatic heterocycles. The quantitative estimate of drug-likeness (QED) is 0.667. The lowest BCUT2D eigenvalue weighted by atomic mass is 9.88. The van der Waals surface area contributed by atoms with Crippen molar-refractivity contribution in [2.24, 2.45) is 5.92 Å². The predicted molar refractivity (Wildman–Crippen MR) is 117 cm³/mol. The molecule has 4 rings (SSSR count). The molecule has 1 unspecified atom stereocenters. The van der Waals surface area contributed by atoms with Crippen LogP contribution >= 0.6 is 0 Å². The zero-order chi connectivity index (χ0) is 22.0. The van der Waals surface area contributed by atoms with Crippen molar-refractivity contribution >= 4 is 12.1 Å². The molecule has 164 valence electrons. The minimum Gasteiger partial charge on any atom is -0.490 e. The maximum atomic E-state index is 12.1. The standard InChI is InChI=1S/C25H29NO5/c1-16(2)30-25(28)26-12-10-18(11-13-26)23-15-21-14-20(8-9-22(21)31-23)17-4-6-19(7-5-17)24(27)29-3/h4-9,14,16,18,23H,10-13,15H2,1-3H3. The number of nitrogens with zero attached hydrogens (tertiary/aromatic N) is 1. The molecule has 6 nitrogen and oxygen atoms in total. The lowest BCUT2D eigenvalue weighted by molar-refractivity contribution is 0.0502. The van der Waals surface area contributed by atoms with Gasteiger partial charge in [0.05, 0.1) is 18.8 Å². The second kappa shape index (κ2) is 9.00. The van der Waals surface area contributed by atoms with E-state index < -0.39 is 0 Å². The first-order valence-corrected chi connectivity index (χ1v) is 10.9. The van der Waals surface area contributed by atoms with E-state index in [2.05, 4.69) is 12.1 Å². The van der Waals surface area contributed by atoms with E-state index in [1.165, 1.54) is 12.7 Å². The van der Waals surface area contributed by atoms with Gasteiger partial charge in [0.25, 0.3) is 0 Å². The van der Waals surface area contributed by atoms with E-state index in [1.54, 1.807) is 17.0 Å². The number of benzene rings is 2. The summed E-state index contributed by atoms with van der Waals surface area (Å²) in [5.41, 5.74) is 3.90. The van der Waals surface area contributed by atoms with Gasteiger partial charge >= 0.3 is 12.1 Å². The van der Waals surface area contributed by atoms with Crippen LogP contribution in [0.2, 0.25) is 0 Å². The summed E-state index contributed by atoms with van der Waals surface area (Å²) in [7, 11) is 1.38. The fourth-order valence-electron chi connectivity index (χ4n) is 4.36. The Kier molecular flexibility index (Phi) is 6.16. The number of piperidine rings is 1. The Hall–Kier alpha value is -3.02. The number of amides is 1. The van der Waals surface area contributed by atoms with Crippen molar-refractivity contribution in [3.63, 3.8) is 0 Å². The summed E-state index contributed by atoms with van der Waals surface area (Å²) in [5, 5.41) is 0. The monoisotopic (exact) mass is 423 g/mol. The second-order valence-corrected chi connectivity index (χ2v) is 8.51. The number of ether oxygens (including phenoxy) is 3. The lowest BCUT2D eigenvalue weighted by Crippen LogP contribution is -2.43. The van der Waals surface area contributed by atoms with Gasteiger partial charge in [-0.25, -0.2) is 9.59 Å². The summed E-state index contributed by atoms with van der Waals surface area (Å²) in [6.07, 6.45) is 2.57. The highest BCUT2D eigenvalue weighted by Gasteiger charge is 2.34. The molecule has 2 heterocycles. The minimum absolute atomic E-state index is 0.0937.